The topological polar surface area (TPSA) is 70.2 Å². The van der Waals surface area contributed by atoms with Crippen molar-refractivity contribution in [1.82, 2.24) is 16.2 Å². The van der Waals surface area contributed by atoms with E-state index in [-0.39, 0.29) is 23.8 Å². The van der Waals surface area contributed by atoms with Gasteiger partial charge < -0.3 is 0 Å². The van der Waals surface area contributed by atoms with Gasteiger partial charge >= 0.3 is 0 Å². The summed E-state index contributed by atoms with van der Waals surface area (Å²) in [5, 5.41) is 2.36. The Labute approximate surface area is 131 Å². The summed E-state index contributed by atoms with van der Waals surface area (Å²) < 4.78 is 0. The van der Waals surface area contributed by atoms with Crippen molar-refractivity contribution in [2.75, 3.05) is 6.54 Å². The van der Waals surface area contributed by atoms with Crippen LogP contribution in [0.1, 0.15) is 50.6 Å². The molecule has 22 heavy (non-hydrogen) atoms. The fourth-order valence-corrected chi connectivity index (χ4v) is 2.67. The van der Waals surface area contributed by atoms with Crippen molar-refractivity contribution < 1.29 is 9.59 Å². The van der Waals surface area contributed by atoms with Crippen LogP contribution >= 0.6 is 0 Å². The Morgan fingerprint density at radius 1 is 1.18 bits per heavy atom. The maximum absolute atomic E-state index is 11.4. The first-order valence-corrected chi connectivity index (χ1v) is 8.04. The van der Waals surface area contributed by atoms with E-state index in [0.29, 0.717) is 6.42 Å². The summed E-state index contributed by atoms with van der Waals surface area (Å²) in [5.41, 5.74) is 7.79. The Hall–Kier alpha value is -1.72. The number of benzene rings is 1. The number of nitrogens with one attached hydrogen (secondary N) is 3. The average molecular weight is 303 g/mol. The molecule has 0 spiro atoms. The van der Waals surface area contributed by atoms with Gasteiger partial charge in [-0.25, -0.2) is 0 Å². The predicted molar refractivity (Wildman–Crippen MR) is 85.7 cm³/mol. The first-order chi connectivity index (χ1) is 10.7. The zero-order valence-corrected chi connectivity index (χ0v) is 13.1. The van der Waals surface area contributed by atoms with Crippen LogP contribution in [0.2, 0.25) is 0 Å². The number of hydrogen-bond donors (Lipinski definition) is 3. The highest BCUT2D eigenvalue weighted by molar-refractivity contribution is 6.03. The molecule has 1 aromatic rings. The summed E-state index contributed by atoms with van der Waals surface area (Å²) >= 11 is 0. The first-order valence-electron chi connectivity index (χ1n) is 8.04. The maximum atomic E-state index is 11.4. The number of rotatable bonds is 9. The van der Waals surface area contributed by atoms with Crippen molar-refractivity contribution >= 4 is 11.8 Å². The summed E-state index contributed by atoms with van der Waals surface area (Å²) in [6, 6.07) is 10.6. The molecule has 3 N–H and O–H groups in total. The van der Waals surface area contributed by atoms with Gasteiger partial charge in [0.25, 0.3) is 0 Å². The van der Waals surface area contributed by atoms with Crippen LogP contribution in [0.25, 0.3) is 0 Å². The number of imide groups is 1. The van der Waals surface area contributed by atoms with Gasteiger partial charge in [-0.15, -0.1) is 0 Å². The van der Waals surface area contributed by atoms with E-state index in [2.05, 4.69) is 35.2 Å². The quantitative estimate of drug-likeness (QED) is 0.371. The first kappa shape index (κ1) is 16.6. The lowest BCUT2D eigenvalue weighted by Gasteiger charge is -2.15. The molecule has 2 amide bonds. The Bertz CT molecular complexity index is 490. The summed E-state index contributed by atoms with van der Waals surface area (Å²) in [4.78, 5) is 22.5. The molecule has 0 radical (unpaired) electrons. The highest BCUT2D eigenvalue weighted by Gasteiger charge is 2.29. The third-order valence-corrected chi connectivity index (χ3v) is 4.04. The molecule has 2 rings (SSSR count). The minimum atomic E-state index is -0.129. The molecule has 0 aliphatic carbocycles. The molecule has 0 saturated carbocycles. The molecule has 120 valence electrons. The minimum Gasteiger partial charge on any atom is -0.296 e. The standard InChI is InChI=1S/C17H25N3O2/c1-13(14-8-4-2-5-9-14)20-18-11-7-3-6-10-15-12-16(21)19-17(15)22/h2,4-5,8-9,13,15,18,20H,3,6-7,10-12H2,1H3,(H,19,21,22). The normalized spacial score (nSPS) is 19.2. The molecule has 2 unspecified atom stereocenters. The number of amides is 2. The van der Waals surface area contributed by atoms with Crippen LogP contribution in [0.3, 0.4) is 0 Å². The summed E-state index contributed by atoms with van der Waals surface area (Å²) in [6.45, 7) is 3.02. The SMILES string of the molecule is CC(NNCCCCCC1CC(=O)NC1=O)c1ccccc1. The molecule has 0 bridgehead atoms. The van der Waals surface area contributed by atoms with E-state index in [1.807, 2.05) is 18.2 Å². The van der Waals surface area contributed by atoms with E-state index in [9.17, 15) is 9.59 Å². The summed E-state index contributed by atoms with van der Waals surface area (Å²) in [5.74, 6) is -0.325. The number of hydrogen-bond acceptors (Lipinski definition) is 4. The van der Waals surface area contributed by atoms with Crippen LogP contribution < -0.4 is 16.2 Å². The van der Waals surface area contributed by atoms with E-state index in [1.54, 1.807) is 0 Å². The molecule has 5 nitrogen and oxygen atoms in total. The van der Waals surface area contributed by atoms with Crippen molar-refractivity contribution in [3.05, 3.63) is 35.9 Å². The Kier molecular flexibility index (Phi) is 6.55. The zero-order chi connectivity index (χ0) is 15.8. The van der Waals surface area contributed by atoms with Gasteiger partial charge in [0.1, 0.15) is 0 Å². The van der Waals surface area contributed by atoms with Crippen LogP contribution in [-0.4, -0.2) is 18.4 Å². The van der Waals surface area contributed by atoms with E-state index >= 15 is 0 Å². The molecule has 1 saturated heterocycles. The molecule has 0 aromatic heterocycles. The van der Waals surface area contributed by atoms with Crippen LogP contribution in [-0.2, 0) is 9.59 Å². The molecule has 2 atom stereocenters. The second-order valence-corrected chi connectivity index (χ2v) is 5.87. The van der Waals surface area contributed by atoms with Gasteiger partial charge in [-0.05, 0) is 25.3 Å². The van der Waals surface area contributed by atoms with E-state index < -0.39 is 0 Å². The van der Waals surface area contributed by atoms with E-state index in [1.165, 1.54) is 5.56 Å². The van der Waals surface area contributed by atoms with Crippen molar-refractivity contribution in [3.63, 3.8) is 0 Å². The third kappa shape index (κ3) is 5.24. The Morgan fingerprint density at radius 2 is 1.95 bits per heavy atom. The molecule has 1 aromatic carbocycles. The van der Waals surface area contributed by atoms with Gasteiger partial charge in [0.05, 0.1) is 0 Å². The Balaban J connectivity index is 1.49. The molecule has 1 aliphatic heterocycles. The van der Waals surface area contributed by atoms with Gasteiger partial charge in [0.2, 0.25) is 11.8 Å². The lowest BCUT2D eigenvalue weighted by Crippen LogP contribution is -2.34. The zero-order valence-electron chi connectivity index (χ0n) is 13.1. The van der Waals surface area contributed by atoms with Gasteiger partial charge in [-0.1, -0.05) is 43.2 Å². The number of hydrazine groups is 1. The fraction of sp³-hybridized carbons (Fsp3) is 0.529. The molecular weight excluding hydrogens is 278 g/mol. The van der Waals surface area contributed by atoms with Crippen LogP contribution in [0.5, 0.6) is 0 Å². The van der Waals surface area contributed by atoms with Crippen LogP contribution in [0, 0.1) is 5.92 Å². The highest BCUT2D eigenvalue weighted by atomic mass is 16.2. The average Bonchev–Trinajstić information content (AvgIpc) is 2.84. The number of carbonyl (C=O) groups excluding carboxylic acids is 2. The van der Waals surface area contributed by atoms with E-state index in [0.717, 1.165) is 32.2 Å². The molecule has 1 heterocycles. The predicted octanol–water partition coefficient (Wildman–Crippen LogP) is 2.06. The highest BCUT2D eigenvalue weighted by Crippen LogP contribution is 2.18. The van der Waals surface area contributed by atoms with Crippen LogP contribution in [0.15, 0.2) is 30.3 Å². The van der Waals surface area contributed by atoms with Crippen LogP contribution in [0.4, 0.5) is 0 Å². The second kappa shape index (κ2) is 8.66. The molecule has 1 aliphatic rings. The van der Waals surface area contributed by atoms with Crippen molar-refractivity contribution in [3.8, 4) is 0 Å². The molecule has 1 fully saturated rings. The smallest absolute Gasteiger partial charge is 0.230 e. The minimum absolute atomic E-state index is 0.0959. The van der Waals surface area contributed by atoms with Crippen molar-refractivity contribution in [1.29, 1.82) is 0 Å². The summed E-state index contributed by atoms with van der Waals surface area (Å²) in [7, 11) is 0. The second-order valence-electron chi connectivity index (χ2n) is 5.87. The lowest BCUT2D eigenvalue weighted by atomic mass is 10.00. The summed E-state index contributed by atoms with van der Waals surface area (Å²) in [6.07, 6.45) is 4.28. The third-order valence-electron chi connectivity index (χ3n) is 4.04. The van der Waals surface area contributed by atoms with Gasteiger partial charge in [-0.2, -0.15) is 0 Å². The lowest BCUT2D eigenvalue weighted by molar-refractivity contribution is -0.125. The van der Waals surface area contributed by atoms with Crippen molar-refractivity contribution in [2.24, 2.45) is 5.92 Å². The van der Waals surface area contributed by atoms with Gasteiger partial charge in [-0.3, -0.25) is 25.8 Å². The van der Waals surface area contributed by atoms with E-state index in [4.69, 9.17) is 0 Å². The van der Waals surface area contributed by atoms with Gasteiger partial charge in [0, 0.05) is 24.9 Å². The fourth-order valence-electron chi connectivity index (χ4n) is 2.67. The number of unbranched alkanes of at least 4 members (excludes halogenated alkanes) is 2. The molecule has 5 heteroatoms. The maximum Gasteiger partial charge on any atom is 0.230 e. The Morgan fingerprint density at radius 3 is 2.64 bits per heavy atom. The van der Waals surface area contributed by atoms with Gasteiger partial charge in [0.15, 0.2) is 0 Å². The monoisotopic (exact) mass is 303 g/mol. The van der Waals surface area contributed by atoms with Crippen molar-refractivity contribution in [2.45, 2.75) is 45.1 Å². The largest absolute Gasteiger partial charge is 0.296 e. The molecular formula is C17H25N3O2. The number of carbonyl (C=O) groups is 2.